The predicted octanol–water partition coefficient (Wildman–Crippen LogP) is 1.77. The second-order valence-corrected chi connectivity index (χ2v) is 8.47. The number of fused-ring (bicyclic) bond motifs is 2. The van der Waals surface area contributed by atoms with E-state index in [9.17, 15) is 19.2 Å². The van der Waals surface area contributed by atoms with Gasteiger partial charge in [-0.05, 0) is 49.2 Å². The fraction of sp³-hybridized carbons (Fsp3) is 0.240. The summed E-state index contributed by atoms with van der Waals surface area (Å²) in [5.41, 5.74) is 2.89. The van der Waals surface area contributed by atoms with Gasteiger partial charge in [0.25, 0.3) is 17.4 Å². The van der Waals surface area contributed by atoms with Gasteiger partial charge >= 0.3 is 0 Å². The number of benzene rings is 2. The third kappa shape index (κ3) is 4.07. The van der Waals surface area contributed by atoms with Crippen LogP contribution in [0, 0.1) is 6.92 Å². The van der Waals surface area contributed by atoms with E-state index in [-0.39, 0.29) is 37.8 Å². The lowest BCUT2D eigenvalue weighted by atomic mass is 10.0. The normalized spacial score (nSPS) is 17.4. The van der Waals surface area contributed by atoms with Crippen LogP contribution in [0.15, 0.2) is 53.0 Å². The molecule has 0 saturated carbocycles. The summed E-state index contributed by atoms with van der Waals surface area (Å²) in [5, 5.41) is 10.3. The predicted molar refractivity (Wildman–Crippen MR) is 124 cm³/mol. The van der Waals surface area contributed by atoms with E-state index in [2.05, 4.69) is 15.7 Å². The lowest BCUT2D eigenvalue weighted by Gasteiger charge is -2.21. The number of carbonyl (C=O) groups is 3. The van der Waals surface area contributed by atoms with E-state index in [1.165, 1.54) is 6.20 Å². The highest BCUT2D eigenvalue weighted by Crippen LogP contribution is 2.27. The fourth-order valence-corrected chi connectivity index (χ4v) is 4.19. The first kappa shape index (κ1) is 21.6. The summed E-state index contributed by atoms with van der Waals surface area (Å²) in [6, 6.07) is 10.2. The van der Waals surface area contributed by atoms with E-state index >= 15 is 0 Å². The SMILES string of the molecule is Cc1ccc2c(c1)C=C(C(=O)NCc1ccc3c(=O)n(C4CCC(=O)NC4=O)ncc3c1)CO2. The first-order valence-electron chi connectivity index (χ1n) is 11.0. The van der Waals surface area contributed by atoms with E-state index in [1.54, 1.807) is 18.2 Å². The van der Waals surface area contributed by atoms with Crippen molar-refractivity contribution >= 4 is 34.6 Å². The van der Waals surface area contributed by atoms with Crippen LogP contribution in [0.5, 0.6) is 5.75 Å². The van der Waals surface area contributed by atoms with Crippen molar-refractivity contribution in [1.82, 2.24) is 20.4 Å². The number of amides is 3. The molecule has 0 aliphatic carbocycles. The van der Waals surface area contributed by atoms with E-state index < -0.39 is 17.5 Å². The van der Waals surface area contributed by atoms with Gasteiger partial charge in [0.2, 0.25) is 5.91 Å². The van der Waals surface area contributed by atoms with Gasteiger partial charge in [0.05, 0.1) is 17.2 Å². The minimum atomic E-state index is -0.812. The molecule has 1 unspecified atom stereocenters. The summed E-state index contributed by atoms with van der Waals surface area (Å²) in [6.45, 7) is 2.45. The number of nitrogens with zero attached hydrogens (tertiary/aromatic N) is 2. The molecule has 2 aliphatic rings. The molecular formula is C25H22N4O5. The average Bonchev–Trinajstić information content (AvgIpc) is 2.83. The van der Waals surface area contributed by atoms with E-state index in [1.807, 2.05) is 31.2 Å². The van der Waals surface area contributed by atoms with Crippen molar-refractivity contribution in [2.45, 2.75) is 32.4 Å². The van der Waals surface area contributed by atoms with Gasteiger partial charge in [0, 0.05) is 23.9 Å². The third-order valence-corrected chi connectivity index (χ3v) is 6.00. The Kier molecular flexibility index (Phi) is 5.45. The third-order valence-electron chi connectivity index (χ3n) is 6.00. The smallest absolute Gasteiger partial charge is 0.275 e. The van der Waals surface area contributed by atoms with Crippen LogP contribution in [0.2, 0.25) is 0 Å². The van der Waals surface area contributed by atoms with Gasteiger partial charge in [-0.15, -0.1) is 0 Å². The van der Waals surface area contributed by atoms with Gasteiger partial charge in [-0.3, -0.25) is 24.5 Å². The summed E-state index contributed by atoms with van der Waals surface area (Å²) in [6.07, 6.45) is 3.75. The second-order valence-electron chi connectivity index (χ2n) is 8.47. The molecule has 3 amide bonds. The number of hydrogen-bond donors (Lipinski definition) is 2. The van der Waals surface area contributed by atoms with Crippen molar-refractivity contribution in [3.63, 3.8) is 0 Å². The first-order chi connectivity index (χ1) is 16.4. The van der Waals surface area contributed by atoms with Crippen LogP contribution < -0.4 is 20.9 Å². The molecule has 9 heteroatoms. The number of aromatic nitrogens is 2. The molecular weight excluding hydrogens is 436 g/mol. The number of rotatable bonds is 4. The van der Waals surface area contributed by atoms with E-state index in [0.717, 1.165) is 27.1 Å². The molecule has 172 valence electrons. The number of aryl methyl sites for hydroxylation is 1. The molecule has 34 heavy (non-hydrogen) atoms. The highest BCUT2D eigenvalue weighted by atomic mass is 16.5. The molecule has 0 bridgehead atoms. The summed E-state index contributed by atoms with van der Waals surface area (Å²) >= 11 is 0. The highest BCUT2D eigenvalue weighted by molar-refractivity contribution is 6.00. The van der Waals surface area contributed by atoms with Crippen LogP contribution in [0.1, 0.15) is 35.6 Å². The Morgan fingerprint density at radius 3 is 2.88 bits per heavy atom. The van der Waals surface area contributed by atoms with Crippen molar-refractivity contribution in [2.75, 3.05) is 6.61 Å². The van der Waals surface area contributed by atoms with Crippen LogP contribution in [0.4, 0.5) is 0 Å². The Bertz CT molecular complexity index is 1440. The fourth-order valence-electron chi connectivity index (χ4n) is 4.19. The molecule has 1 saturated heterocycles. The zero-order valence-electron chi connectivity index (χ0n) is 18.5. The lowest BCUT2D eigenvalue weighted by molar-refractivity contribution is -0.136. The molecule has 3 heterocycles. The molecule has 1 aromatic heterocycles. The molecule has 2 aromatic carbocycles. The molecule has 2 aliphatic heterocycles. The number of nitrogens with one attached hydrogen (secondary N) is 2. The quantitative estimate of drug-likeness (QED) is 0.575. The molecule has 2 N–H and O–H groups in total. The number of carbonyl (C=O) groups excluding carboxylic acids is 3. The van der Waals surface area contributed by atoms with Gasteiger partial charge in [-0.25, -0.2) is 4.68 Å². The van der Waals surface area contributed by atoms with Crippen molar-refractivity contribution in [3.8, 4) is 5.75 Å². The highest BCUT2D eigenvalue weighted by Gasteiger charge is 2.30. The van der Waals surface area contributed by atoms with Crippen LogP contribution in [0.25, 0.3) is 16.8 Å². The zero-order valence-corrected chi connectivity index (χ0v) is 18.5. The Labute approximate surface area is 194 Å². The summed E-state index contributed by atoms with van der Waals surface area (Å²) in [4.78, 5) is 49.1. The number of imide groups is 1. The van der Waals surface area contributed by atoms with Gasteiger partial charge in [-0.1, -0.05) is 17.7 Å². The molecule has 3 aromatic rings. The maximum absolute atomic E-state index is 12.9. The van der Waals surface area contributed by atoms with Gasteiger partial charge in [0.15, 0.2) is 0 Å². The first-order valence-corrected chi connectivity index (χ1v) is 11.0. The molecule has 1 atom stereocenters. The van der Waals surface area contributed by atoms with Crippen LogP contribution in [-0.2, 0) is 20.9 Å². The Hall–Kier alpha value is -4.27. The van der Waals surface area contributed by atoms with Crippen LogP contribution in [0.3, 0.4) is 0 Å². The zero-order chi connectivity index (χ0) is 23.8. The Morgan fingerprint density at radius 1 is 1.21 bits per heavy atom. The summed E-state index contributed by atoms with van der Waals surface area (Å²) in [7, 11) is 0. The standard InChI is InChI=1S/C25H22N4O5/c1-14-2-6-21-16(8-14)10-18(13-34-21)23(31)26-11-15-3-4-19-17(9-15)12-27-29(25(19)33)20-5-7-22(30)28-24(20)32/h2-4,6,8-10,12,20H,5,7,11,13H2,1H3,(H,26,31)(H,28,30,32). The summed E-state index contributed by atoms with van der Waals surface area (Å²) < 4.78 is 6.81. The van der Waals surface area contributed by atoms with Crippen molar-refractivity contribution in [3.05, 3.63) is 75.2 Å². The maximum atomic E-state index is 12.9. The van der Waals surface area contributed by atoms with E-state index in [4.69, 9.17) is 4.74 Å². The number of piperidine rings is 1. The summed E-state index contributed by atoms with van der Waals surface area (Å²) in [5.74, 6) is -0.342. The molecule has 9 nitrogen and oxygen atoms in total. The minimum absolute atomic E-state index is 0.161. The van der Waals surface area contributed by atoms with Crippen molar-refractivity contribution < 1.29 is 19.1 Å². The topological polar surface area (TPSA) is 119 Å². The van der Waals surface area contributed by atoms with E-state index in [0.29, 0.717) is 16.3 Å². The molecule has 1 fully saturated rings. The monoisotopic (exact) mass is 458 g/mol. The van der Waals surface area contributed by atoms with Crippen molar-refractivity contribution in [2.24, 2.45) is 0 Å². The van der Waals surface area contributed by atoms with Gasteiger partial charge < -0.3 is 10.1 Å². The number of hydrogen-bond acceptors (Lipinski definition) is 6. The molecule has 5 rings (SSSR count). The minimum Gasteiger partial charge on any atom is -0.488 e. The largest absolute Gasteiger partial charge is 0.488 e. The van der Waals surface area contributed by atoms with Gasteiger partial charge in [-0.2, -0.15) is 5.10 Å². The van der Waals surface area contributed by atoms with Crippen molar-refractivity contribution in [1.29, 1.82) is 0 Å². The maximum Gasteiger partial charge on any atom is 0.275 e. The Balaban J connectivity index is 1.31. The van der Waals surface area contributed by atoms with Crippen LogP contribution in [-0.4, -0.2) is 34.1 Å². The number of ether oxygens (including phenoxy) is 1. The lowest BCUT2D eigenvalue weighted by Crippen LogP contribution is -2.45. The molecule has 0 radical (unpaired) electrons. The van der Waals surface area contributed by atoms with Crippen LogP contribution >= 0.6 is 0 Å². The Morgan fingerprint density at radius 2 is 2.06 bits per heavy atom. The average molecular weight is 458 g/mol. The van der Waals surface area contributed by atoms with Gasteiger partial charge in [0.1, 0.15) is 18.4 Å². The molecule has 0 spiro atoms. The second kappa shape index (κ2) is 8.58.